The Morgan fingerprint density at radius 3 is 2.17 bits per heavy atom. The van der Waals surface area contributed by atoms with Crippen molar-refractivity contribution < 1.29 is 29.0 Å². The predicted molar refractivity (Wildman–Crippen MR) is 42.5 cm³/mol. The fourth-order valence-electron chi connectivity index (χ4n) is 0.772. The molecule has 60 valence electrons. The Hall–Kier alpha value is -0.687. The van der Waals surface area contributed by atoms with Gasteiger partial charge in [-0.3, -0.25) is 4.79 Å². The number of esters is 1. The van der Waals surface area contributed by atoms with Gasteiger partial charge in [0.1, 0.15) is 5.75 Å². The van der Waals surface area contributed by atoms with E-state index >= 15 is 0 Å². The third-order valence-electron chi connectivity index (χ3n) is 1.28. The molecular formula is C9H10O2Zn. The van der Waals surface area contributed by atoms with Crippen molar-refractivity contribution in [3.8, 4) is 5.75 Å². The van der Waals surface area contributed by atoms with E-state index in [-0.39, 0.29) is 25.4 Å². The number of hydrogen-bond acceptors (Lipinski definition) is 2. The zero-order valence-electron chi connectivity index (χ0n) is 7.33. The van der Waals surface area contributed by atoms with Crippen molar-refractivity contribution >= 4 is 5.97 Å². The molecule has 0 amide bonds. The van der Waals surface area contributed by atoms with Crippen molar-refractivity contribution in [3.05, 3.63) is 29.8 Å². The first-order chi connectivity index (χ1) is 5.18. The minimum absolute atomic E-state index is 0. The van der Waals surface area contributed by atoms with Crippen LogP contribution in [0.5, 0.6) is 5.75 Å². The number of hydrogen-bond donors (Lipinski definition) is 0. The van der Waals surface area contributed by atoms with Gasteiger partial charge in [-0.2, -0.15) is 0 Å². The molecule has 0 atom stereocenters. The molecule has 0 unspecified atom stereocenters. The van der Waals surface area contributed by atoms with Gasteiger partial charge < -0.3 is 4.74 Å². The van der Waals surface area contributed by atoms with Gasteiger partial charge in [0.2, 0.25) is 0 Å². The van der Waals surface area contributed by atoms with Crippen LogP contribution in [0.4, 0.5) is 0 Å². The molecule has 0 aliphatic carbocycles. The first-order valence-electron chi connectivity index (χ1n) is 3.43. The second-order valence-corrected chi connectivity index (χ2v) is 2.41. The molecule has 0 fully saturated rings. The maximum Gasteiger partial charge on any atom is 0.308 e. The Balaban J connectivity index is 0.00000121. The van der Waals surface area contributed by atoms with Crippen LogP contribution < -0.4 is 4.74 Å². The quantitative estimate of drug-likeness (QED) is 0.406. The van der Waals surface area contributed by atoms with Crippen LogP contribution in [0.25, 0.3) is 0 Å². The number of carbonyl (C=O) groups is 1. The monoisotopic (exact) mass is 214 g/mol. The zero-order chi connectivity index (χ0) is 8.27. The molecule has 1 aromatic carbocycles. The van der Waals surface area contributed by atoms with E-state index in [2.05, 4.69) is 0 Å². The summed E-state index contributed by atoms with van der Waals surface area (Å²) in [7, 11) is 0. The molecule has 0 aliphatic heterocycles. The molecular weight excluding hydrogens is 205 g/mol. The van der Waals surface area contributed by atoms with Gasteiger partial charge in [0.05, 0.1) is 0 Å². The molecule has 0 bridgehead atoms. The van der Waals surface area contributed by atoms with Crippen molar-refractivity contribution in [1.82, 2.24) is 0 Å². The van der Waals surface area contributed by atoms with Crippen LogP contribution in [-0.4, -0.2) is 5.97 Å². The van der Waals surface area contributed by atoms with Gasteiger partial charge in [0.15, 0.2) is 0 Å². The average molecular weight is 216 g/mol. The summed E-state index contributed by atoms with van der Waals surface area (Å²) in [5.41, 5.74) is 1.15. The smallest absolute Gasteiger partial charge is 0.308 e. The van der Waals surface area contributed by atoms with Crippen LogP contribution >= 0.6 is 0 Å². The zero-order valence-corrected chi connectivity index (χ0v) is 10.3. The van der Waals surface area contributed by atoms with E-state index in [1.807, 2.05) is 19.1 Å². The Bertz CT molecular complexity index is 254. The number of benzene rings is 1. The summed E-state index contributed by atoms with van der Waals surface area (Å²) < 4.78 is 4.83. The second-order valence-electron chi connectivity index (χ2n) is 2.41. The van der Waals surface area contributed by atoms with E-state index in [1.54, 1.807) is 12.1 Å². The van der Waals surface area contributed by atoms with Crippen LogP contribution in [0.1, 0.15) is 12.5 Å². The fourth-order valence-corrected chi connectivity index (χ4v) is 0.772. The van der Waals surface area contributed by atoms with Crippen LogP contribution in [-0.2, 0) is 24.3 Å². The normalized spacial score (nSPS) is 8.50. The standard InChI is InChI=1S/C9H10O2.Zn/c1-7-3-5-9(6-4-7)11-8(2)10;/h3-6H,1-2H3;. The maximum absolute atomic E-state index is 10.5. The van der Waals surface area contributed by atoms with E-state index in [0.717, 1.165) is 5.56 Å². The topological polar surface area (TPSA) is 26.3 Å². The van der Waals surface area contributed by atoms with Crippen LogP contribution in [0.3, 0.4) is 0 Å². The summed E-state index contributed by atoms with van der Waals surface area (Å²) in [5.74, 6) is 0.317. The van der Waals surface area contributed by atoms with Crippen molar-refractivity contribution in [2.45, 2.75) is 13.8 Å². The van der Waals surface area contributed by atoms with Gasteiger partial charge >= 0.3 is 5.97 Å². The first-order valence-corrected chi connectivity index (χ1v) is 3.43. The van der Waals surface area contributed by atoms with E-state index < -0.39 is 0 Å². The van der Waals surface area contributed by atoms with Crippen molar-refractivity contribution in [1.29, 1.82) is 0 Å². The van der Waals surface area contributed by atoms with Crippen LogP contribution in [0.15, 0.2) is 24.3 Å². The number of aryl methyl sites for hydroxylation is 1. The summed E-state index contributed by atoms with van der Waals surface area (Å²) >= 11 is 0. The Morgan fingerprint density at radius 2 is 1.75 bits per heavy atom. The van der Waals surface area contributed by atoms with Gasteiger partial charge in [0, 0.05) is 26.4 Å². The Kier molecular flexibility index (Phi) is 4.76. The van der Waals surface area contributed by atoms with Gasteiger partial charge in [-0.25, -0.2) is 0 Å². The van der Waals surface area contributed by atoms with E-state index in [4.69, 9.17) is 4.74 Å². The third kappa shape index (κ3) is 3.63. The van der Waals surface area contributed by atoms with Crippen LogP contribution in [0.2, 0.25) is 0 Å². The van der Waals surface area contributed by atoms with Gasteiger partial charge in [-0.05, 0) is 19.1 Å². The van der Waals surface area contributed by atoms with Crippen LogP contribution in [0, 0.1) is 6.92 Å². The minimum atomic E-state index is -0.283. The number of carbonyl (C=O) groups excluding carboxylic acids is 1. The SMILES string of the molecule is CC(=O)Oc1ccc(C)cc1.[Zn]. The molecule has 0 spiro atoms. The largest absolute Gasteiger partial charge is 0.427 e. The first kappa shape index (κ1) is 11.3. The van der Waals surface area contributed by atoms with Gasteiger partial charge in [-0.1, -0.05) is 17.7 Å². The summed E-state index contributed by atoms with van der Waals surface area (Å²) in [4.78, 5) is 10.5. The van der Waals surface area contributed by atoms with E-state index in [9.17, 15) is 4.79 Å². The Morgan fingerprint density at radius 1 is 1.25 bits per heavy atom. The Labute approximate surface area is 84.7 Å². The second kappa shape index (κ2) is 5.05. The third-order valence-corrected chi connectivity index (χ3v) is 1.28. The molecule has 0 aromatic heterocycles. The summed E-state index contributed by atoms with van der Waals surface area (Å²) in [6.45, 7) is 3.37. The summed E-state index contributed by atoms with van der Waals surface area (Å²) in [6, 6.07) is 7.35. The molecule has 0 heterocycles. The molecule has 0 radical (unpaired) electrons. The molecule has 0 saturated carbocycles. The van der Waals surface area contributed by atoms with E-state index in [1.165, 1.54) is 6.92 Å². The summed E-state index contributed by atoms with van der Waals surface area (Å²) in [6.07, 6.45) is 0. The molecule has 1 rings (SSSR count). The number of rotatable bonds is 1. The molecule has 0 saturated heterocycles. The maximum atomic E-state index is 10.5. The summed E-state index contributed by atoms with van der Waals surface area (Å²) in [5, 5.41) is 0. The molecule has 3 heteroatoms. The fraction of sp³-hybridized carbons (Fsp3) is 0.222. The molecule has 0 aliphatic rings. The molecule has 2 nitrogen and oxygen atoms in total. The molecule has 1 aromatic rings. The predicted octanol–water partition coefficient (Wildman–Crippen LogP) is 1.92. The number of ether oxygens (including phenoxy) is 1. The van der Waals surface area contributed by atoms with Gasteiger partial charge in [-0.15, -0.1) is 0 Å². The van der Waals surface area contributed by atoms with Crippen molar-refractivity contribution in [2.24, 2.45) is 0 Å². The van der Waals surface area contributed by atoms with Crippen molar-refractivity contribution in [2.75, 3.05) is 0 Å². The van der Waals surface area contributed by atoms with Gasteiger partial charge in [0.25, 0.3) is 0 Å². The van der Waals surface area contributed by atoms with E-state index in [0.29, 0.717) is 5.75 Å². The molecule has 12 heavy (non-hydrogen) atoms. The van der Waals surface area contributed by atoms with Crippen molar-refractivity contribution in [3.63, 3.8) is 0 Å². The molecule has 0 N–H and O–H groups in total. The minimum Gasteiger partial charge on any atom is -0.427 e. The average Bonchev–Trinajstić information content (AvgIpc) is 1.93.